The minimum atomic E-state index is -1.30. The van der Waals surface area contributed by atoms with Crippen molar-refractivity contribution < 1.29 is 24.3 Å². The summed E-state index contributed by atoms with van der Waals surface area (Å²) in [7, 11) is 0. The normalized spacial score (nSPS) is 14.2. The summed E-state index contributed by atoms with van der Waals surface area (Å²) in [6.45, 7) is 1.39. The first kappa shape index (κ1) is 20.1. The Morgan fingerprint density at radius 2 is 1.96 bits per heavy atom. The first-order valence-corrected chi connectivity index (χ1v) is 7.55. The van der Waals surface area contributed by atoms with Crippen LogP contribution in [0, 0.1) is 0 Å². The lowest BCUT2D eigenvalue weighted by Crippen LogP contribution is -2.53. The van der Waals surface area contributed by atoms with E-state index in [0.29, 0.717) is 5.69 Å². The Morgan fingerprint density at radius 3 is 2.48 bits per heavy atom. The number of nitrogens with two attached hydrogens (primary N) is 2. The molecule has 8 N–H and O–H groups in total. The molecule has 1 rings (SSSR count). The van der Waals surface area contributed by atoms with Gasteiger partial charge in [0.2, 0.25) is 17.7 Å². The maximum Gasteiger partial charge on any atom is 0.326 e. The molecule has 1 heterocycles. The van der Waals surface area contributed by atoms with Crippen molar-refractivity contribution in [3.05, 3.63) is 18.2 Å². The van der Waals surface area contributed by atoms with Gasteiger partial charge in [0, 0.05) is 19.0 Å². The van der Waals surface area contributed by atoms with Gasteiger partial charge in [0.15, 0.2) is 0 Å². The van der Waals surface area contributed by atoms with Crippen molar-refractivity contribution in [1.82, 2.24) is 20.6 Å². The van der Waals surface area contributed by atoms with Crippen molar-refractivity contribution >= 4 is 23.7 Å². The van der Waals surface area contributed by atoms with Gasteiger partial charge in [-0.1, -0.05) is 0 Å². The van der Waals surface area contributed by atoms with Crippen molar-refractivity contribution in [1.29, 1.82) is 0 Å². The smallest absolute Gasteiger partial charge is 0.326 e. The van der Waals surface area contributed by atoms with Crippen LogP contribution in [0.1, 0.15) is 25.5 Å². The summed E-state index contributed by atoms with van der Waals surface area (Å²) < 4.78 is 0. The van der Waals surface area contributed by atoms with Gasteiger partial charge in [-0.15, -0.1) is 0 Å². The second kappa shape index (κ2) is 9.37. The van der Waals surface area contributed by atoms with Crippen molar-refractivity contribution in [2.75, 3.05) is 0 Å². The van der Waals surface area contributed by atoms with E-state index in [1.165, 1.54) is 13.3 Å². The maximum atomic E-state index is 12.0. The highest BCUT2D eigenvalue weighted by Gasteiger charge is 2.25. The summed E-state index contributed by atoms with van der Waals surface area (Å²) >= 11 is 0. The summed E-state index contributed by atoms with van der Waals surface area (Å²) in [5, 5.41) is 13.7. The van der Waals surface area contributed by atoms with Crippen LogP contribution in [0.5, 0.6) is 0 Å². The standard InChI is InChI=1S/C14H22N6O5/c1-7(12(22)20-10(14(24)25)2-3-11(16)21)19-13(23)9(15)4-8-5-17-6-18-8/h5-7,9-10H,2-4,15H2,1H3,(H2,16,21)(H,17,18)(H,19,23)(H,20,22)(H,24,25)/t7-,9-,10-/m0/s1. The average molecular weight is 354 g/mol. The summed E-state index contributed by atoms with van der Waals surface area (Å²) in [5.41, 5.74) is 11.3. The Labute approximate surface area is 143 Å². The number of aliphatic carboxylic acids is 1. The Morgan fingerprint density at radius 1 is 1.28 bits per heavy atom. The lowest BCUT2D eigenvalue weighted by atomic mass is 10.1. The van der Waals surface area contributed by atoms with E-state index in [4.69, 9.17) is 16.6 Å². The Bertz CT molecular complexity index is 617. The lowest BCUT2D eigenvalue weighted by Gasteiger charge is -2.19. The highest BCUT2D eigenvalue weighted by molar-refractivity contribution is 5.91. The van der Waals surface area contributed by atoms with Crippen LogP contribution in [-0.2, 0) is 25.6 Å². The molecular weight excluding hydrogens is 332 g/mol. The van der Waals surface area contributed by atoms with Crippen molar-refractivity contribution in [2.24, 2.45) is 11.5 Å². The number of carboxylic acids is 1. The van der Waals surface area contributed by atoms with Gasteiger partial charge in [-0.3, -0.25) is 14.4 Å². The SMILES string of the molecule is C[C@H](NC(=O)[C@@H](N)Cc1c[nH]cn1)C(=O)N[C@@H](CCC(N)=O)C(=O)O. The second-order valence-corrected chi connectivity index (χ2v) is 5.51. The summed E-state index contributed by atoms with van der Waals surface area (Å²) in [5.74, 6) is -3.26. The lowest BCUT2D eigenvalue weighted by molar-refractivity contribution is -0.142. The number of aromatic amines is 1. The first-order chi connectivity index (χ1) is 11.7. The Kier molecular flexibility index (Phi) is 7.53. The number of amides is 3. The molecule has 25 heavy (non-hydrogen) atoms. The summed E-state index contributed by atoms with van der Waals surface area (Å²) in [6.07, 6.45) is 2.90. The van der Waals surface area contributed by atoms with Crippen molar-refractivity contribution in [3.63, 3.8) is 0 Å². The van der Waals surface area contributed by atoms with E-state index in [2.05, 4.69) is 20.6 Å². The van der Waals surface area contributed by atoms with Crippen LogP contribution >= 0.6 is 0 Å². The highest BCUT2D eigenvalue weighted by atomic mass is 16.4. The van der Waals surface area contributed by atoms with Crippen molar-refractivity contribution in [3.8, 4) is 0 Å². The predicted octanol–water partition coefficient (Wildman–Crippen LogP) is -2.38. The fourth-order valence-corrected chi connectivity index (χ4v) is 1.95. The molecule has 1 aromatic rings. The third kappa shape index (κ3) is 6.99. The van der Waals surface area contributed by atoms with Gasteiger partial charge >= 0.3 is 5.97 Å². The minimum Gasteiger partial charge on any atom is -0.480 e. The molecule has 1 aromatic heterocycles. The van der Waals surface area contributed by atoms with E-state index >= 15 is 0 Å². The number of carbonyl (C=O) groups is 4. The molecule has 0 saturated heterocycles. The Hall–Kier alpha value is -2.95. The number of carboxylic acid groups (broad SMARTS) is 1. The number of rotatable bonds is 10. The third-order valence-electron chi connectivity index (χ3n) is 3.37. The molecule has 0 spiro atoms. The number of nitrogens with zero attached hydrogens (tertiary/aromatic N) is 1. The van der Waals surface area contributed by atoms with Crippen LogP contribution in [-0.4, -0.2) is 56.9 Å². The fraction of sp³-hybridized carbons (Fsp3) is 0.500. The van der Waals surface area contributed by atoms with Crippen LogP contribution in [0.4, 0.5) is 0 Å². The molecular formula is C14H22N6O5. The molecule has 11 nitrogen and oxygen atoms in total. The minimum absolute atomic E-state index is 0.143. The van der Waals surface area contributed by atoms with E-state index in [1.54, 1.807) is 6.20 Å². The molecule has 138 valence electrons. The number of primary amides is 1. The molecule has 0 saturated carbocycles. The zero-order valence-corrected chi connectivity index (χ0v) is 13.7. The van der Waals surface area contributed by atoms with Crippen LogP contribution < -0.4 is 22.1 Å². The molecule has 3 amide bonds. The van der Waals surface area contributed by atoms with Crippen LogP contribution in [0.3, 0.4) is 0 Å². The number of hydrogen-bond acceptors (Lipinski definition) is 6. The van der Waals surface area contributed by atoms with Gasteiger partial charge in [-0.2, -0.15) is 0 Å². The highest BCUT2D eigenvalue weighted by Crippen LogP contribution is 2.00. The third-order valence-corrected chi connectivity index (χ3v) is 3.37. The molecule has 0 aliphatic heterocycles. The number of carbonyl (C=O) groups excluding carboxylic acids is 3. The number of hydrogen-bond donors (Lipinski definition) is 6. The number of H-pyrrole nitrogens is 1. The molecule has 0 aromatic carbocycles. The van der Waals surface area contributed by atoms with E-state index in [9.17, 15) is 19.2 Å². The fourth-order valence-electron chi connectivity index (χ4n) is 1.95. The maximum absolute atomic E-state index is 12.0. The number of aromatic nitrogens is 2. The zero-order chi connectivity index (χ0) is 19.0. The van der Waals surface area contributed by atoms with E-state index in [-0.39, 0.29) is 19.3 Å². The van der Waals surface area contributed by atoms with Gasteiger partial charge in [0.1, 0.15) is 12.1 Å². The second-order valence-electron chi connectivity index (χ2n) is 5.51. The van der Waals surface area contributed by atoms with E-state index in [0.717, 1.165) is 0 Å². The summed E-state index contributed by atoms with van der Waals surface area (Å²) in [6, 6.07) is -3.20. The molecule has 0 fully saturated rings. The topological polar surface area (TPSA) is 193 Å². The van der Waals surface area contributed by atoms with Crippen molar-refractivity contribution in [2.45, 2.75) is 44.3 Å². The molecule has 0 aliphatic carbocycles. The van der Waals surface area contributed by atoms with E-state index in [1.807, 2.05) is 0 Å². The van der Waals surface area contributed by atoms with Gasteiger partial charge in [0.25, 0.3) is 0 Å². The Balaban J connectivity index is 2.52. The monoisotopic (exact) mass is 354 g/mol. The van der Waals surface area contributed by atoms with E-state index < -0.39 is 41.8 Å². The molecule has 0 aliphatic rings. The van der Waals surface area contributed by atoms with Crippen LogP contribution in [0.25, 0.3) is 0 Å². The molecule has 11 heteroatoms. The quantitative estimate of drug-likeness (QED) is 0.270. The van der Waals surface area contributed by atoms with Gasteiger partial charge in [-0.25, -0.2) is 9.78 Å². The molecule has 0 unspecified atom stereocenters. The zero-order valence-electron chi connectivity index (χ0n) is 13.7. The molecule has 3 atom stereocenters. The number of nitrogens with one attached hydrogen (secondary N) is 3. The largest absolute Gasteiger partial charge is 0.480 e. The van der Waals surface area contributed by atoms with Crippen LogP contribution in [0.15, 0.2) is 12.5 Å². The molecule has 0 radical (unpaired) electrons. The van der Waals surface area contributed by atoms with Crippen LogP contribution in [0.2, 0.25) is 0 Å². The van der Waals surface area contributed by atoms with Gasteiger partial charge < -0.3 is 32.2 Å². The molecule has 0 bridgehead atoms. The van der Waals surface area contributed by atoms with Gasteiger partial charge in [0.05, 0.1) is 18.1 Å². The number of imidazole rings is 1. The van der Waals surface area contributed by atoms with Gasteiger partial charge in [-0.05, 0) is 13.3 Å². The average Bonchev–Trinajstić information content (AvgIpc) is 3.03. The predicted molar refractivity (Wildman–Crippen MR) is 85.9 cm³/mol. The first-order valence-electron chi connectivity index (χ1n) is 7.55. The summed E-state index contributed by atoms with van der Waals surface area (Å²) in [4.78, 5) is 52.5.